The number of nitrogens with two attached hydrogens (primary N) is 1. The fourth-order valence-corrected chi connectivity index (χ4v) is 5.19. The molecule has 0 aliphatic rings. The highest BCUT2D eigenvalue weighted by molar-refractivity contribution is 7.53. The molecule has 9 heteroatoms. The molecule has 8 nitrogen and oxygen atoms in total. The Kier molecular flexibility index (Phi) is 7.85. The second-order valence-corrected chi connectivity index (χ2v) is 9.35. The van der Waals surface area contributed by atoms with Crippen molar-refractivity contribution in [3.8, 4) is 0 Å². The molecule has 0 spiro atoms. The largest absolute Gasteiger partial charge is 0.368 e. The van der Waals surface area contributed by atoms with E-state index in [0.717, 1.165) is 22.0 Å². The smallest absolute Gasteiger partial charge is 0.335 e. The summed E-state index contributed by atoms with van der Waals surface area (Å²) >= 11 is 0. The van der Waals surface area contributed by atoms with Crippen LogP contribution in [0.2, 0.25) is 0 Å². The molecular weight excluding hydrogens is 429 g/mol. The number of carbonyl (C=O) groups excluding carboxylic acids is 2. The molecule has 0 bridgehead atoms. The number of aromatic nitrogens is 1. The highest BCUT2D eigenvalue weighted by Gasteiger charge is 2.25. The quantitative estimate of drug-likeness (QED) is 0.378. The lowest BCUT2D eigenvalue weighted by atomic mass is 10.0. The van der Waals surface area contributed by atoms with Gasteiger partial charge in [0.1, 0.15) is 6.04 Å². The average Bonchev–Trinajstić information content (AvgIpc) is 3.17. The average molecular weight is 457 g/mol. The van der Waals surface area contributed by atoms with Crippen LogP contribution in [0.4, 0.5) is 0 Å². The van der Waals surface area contributed by atoms with Crippen LogP contribution in [0.25, 0.3) is 10.9 Å². The SMILES string of the molecule is CCOP(=O)(Cc1ccc(C(=O)N[C@@H](Cc2c[nH]c3ccccc23)C(N)=O)cc1)OCC. The van der Waals surface area contributed by atoms with Crippen molar-refractivity contribution in [1.29, 1.82) is 0 Å². The Balaban J connectivity index is 1.69. The van der Waals surface area contributed by atoms with Crippen LogP contribution in [0.1, 0.15) is 35.3 Å². The molecule has 1 aromatic heterocycles. The number of para-hydroxylation sites is 1. The highest BCUT2D eigenvalue weighted by Crippen LogP contribution is 2.51. The number of nitrogens with one attached hydrogen (secondary N) is 2. The van der Waals surface area contributed by atoms with Gasteiger partial charge in [-0.3, -0.25) is 14.2 Å². The summed E-state index contributed by atoms with van der Waals surface area (Å²) in [7, 11) is -3.23. The Morgan fingerprint density at radius 3 is 2.34 bits per heavy atom. The van der Waals surface area contributed by atoms with Gasteiger partial charge in [-0.1, -0.05) is 30.3 Å². The molecule has 0 saturated heterocycles. The number of primary amides is 1. The van der Waals surface area contributed by atoms with Crippen molar-refractivity contribution in [3.05, 3.63) is 71.4 Å². The second kappa shape index (κ2) is 10.6. The number of amides is 2. The van der Waals surface area contributed by atoms with Gasteiger partial charge in [0.05, 0.1) is 19.4 Å². The van der Waals surface area contributed by atoms with Crippen LogP contribution >= 0.6 is 7.60 Å². The third-order valence-electron chi connectivity index (χ3n) is 4.99. The number of hydrogen-bond acceptors (Lipinski definition) is 5. The van der Waals surface area contributed by atoms with E-state index < -0.39 is 25.5 Å². The van der Waals surface area contributed by atoms with E-state index in [1.165, 1.54) is 0 Å². The standard InChI is InChI=1S/C23H28N3O5P/c1-3-30-32(29,31-4-2)15-16-9-11-17(12-10-16)23(28)26-21(22(24)27)13-18-14-25-20-8-6-5-7-19(18)20/h5-12,14,21,25H,3-4,13,15H2,1-2H3,(H2,24,27)(H,26,28)/t21-/m0/s1. The lowest BCUT2D eigenvalue weighted by Gasteiger charge is -2.17. The molecule has 0 radical (unpaired) electrons. The zero-order valence-electron chi connectivity index (χ0n) is 18.2. The fourth-order valence-electron chi connectivity index (χ4n) is 3.49. The van der Waals surface area contributed by atoms with Gasteiger partial charge in [-0.25, -0.2) is 0 Å². The zero-order chi connectivity index (χ0) is 23.1. The molecule has 32 heavy (non-hydrogen) atoms. The van der Waals surface area contributed by atoms with E-state index in [9.17, 15) is 14.2 Å². The van der Waals surface area contributed by atoms with Crippen molar-refractivity contribution in [2.45, 2.75) is 32.5 Å². The lowest BCUT2D eigenvalue weighted by molar-refractivity contribution is -0.119. The molecule has 1 heterocycles. The van der Waals surface area contributed by atoms with E-state index in [-0.39, 0.29) is 25.8 Å². The van der Waals surface area contributed by atoms with Gasteiger partial charge in [0.2, 0.25) is 5.91 Å². The second-order valence-electron chi connectivity index (χ2n) is 7.29. The minimum absolute atomic E-state index is 0.112. The molecule has 0 saturated carbocycles. The summed E-state index contributed by atoms with van der Waals surface area (Å²) in [6, 6.07) is 13.5. The molecule has 2 aromatic carbocycles. The van der Waals surface area contributed by atoms with Crippen molar-refractivity contribution >= 4 is 30.3 Å². The topological polar surface area (TPSA) is 124 Å². The van der Waals surface area contributed by atoms with Crippen molar-refractivity contribution in [3.63, 3.8) is 0 Å². The normalized spacial score (nSPS) is 12.6. The van der Waals surface area contributed by atoms with Crippen molar-refractivity contribution < 1.29 is 23.2 Å². The molecule has 170 valence electrons. The third-order valence-corrected chi connectivity index (χ3v) is 7.05. The van der Waals surface area contributed by atoms with E-state index in [1.807, 2.05) is 30.5 Å². The first-order valence-electron chi connectivity index (χ1n) is 10.5. The molecule has 2 amide bonds. The summed E-state index contributed by atoms with van der Waals surface area (Å²) < 4.78 is 23.3. The highest BCUT2D eigenvalue weighted by atomic mass is 31.2. The fraction of sp³-hybridized carbons (Fsp3) is 0.304. The molecule has 3 aromatic rings. The molecular formula is C23H28N3O5P. The monoisotopic (exact) mass is 457 g/mol. The number of carbonyl (C=O) groups is 2. The zero-order valence-corrected chi connectivity index (χ0v) is 19.1. The van der Waals surface area contributed by atoms with E-state index in [0.29, 0.717) is 5.56 Å². The number of H-pyrrole nitrogens is 1. The van der Waals surface area contributed by atoms with Gasteiger partial charge in [-0.05, 0) is 43.2 Å². The van der Waals surface area contributed by atoms with Crippen molar-refractivity contribution in [2.24, 2.45) is 5.73 Å². The molecule has 4 N–H and O–H groups in total. The first-order valence-corrected chi connectivity index (χ1v) is 12.2. The Bertz CT molecular complexity index is 1120. The molecule has 0 fully saturated rings. The predicted molar refractivity (Wildman–Crippen MR) is 123 cm³/mol. The molecule has 1 atom stereocenters. The maximum Gasteiger partial charge on any atom is 0.335 e. The summed E-state index contributed by atoms with van der Waals surface area (Å²) in [6.45, 7) is 4.07. The first-order chi connectivity index (χ1) is 15.3. The number of rotatable bonds is 11. The Hall–Kier alpha value is -2.93. The number of benzene rings is 2. The van der Waals surface area contributed by atoms with Crippen molar-refractivity contribution in [1.82, 2.24) is 10.3 Å². The van der Waals surface area contributed by atoms with Crippen LogP contribution in [-0.4, -0.2) is 36.1 Å². The minimum atomic E-state index is -3.23. The molecule has 0 unspecified atom stereocenters. The maximum absolute atomic E-state index is 12.7. The molecule has 0 aliphatic heterocycles. The summed E-state index contributed by atoms with van der Waals surface area (Å²) in [5.41, 5.74) is 8.47. The Morgan fingerprint density at radius 1 is 1.06 bits per heavy atom. The van der Waals surface area contributed by atoms with Gasteiger partial charge >= 0.3 is 7.60 Å². The van der Waals surface area contributed by atoms with Gasteiger partial charge in [0.15, 0.2) is 0 Å². The summed E-state index contributed by atoms with van der Waals surface area (Å²) in [5.74, 6) is -1.03. The minimum Gasteiger partial charge on any atom is -0.368 e. The van der Waals surface area contributed by atoms with Crippen molar-refractivity contribution in [2.75, 3.05) is 13.2 Å². The van der Waals surface area contributed by atoms with Crippen LogP contribution in [0.15, 0.2) is 54.7 Å². The maximum atomic E-state index is 12.7. The first kappa shape index (κ1) is 23.7. The van der Waals surface area contributed by atoms with Crippen LogP contribution in [0, 0.1) is 0 Å². The van der Waals surface area contributed by atoms with Crippen LogP contribution < -0.4 is 11.1 Å². The third kappa shape index (κ3) is 5.85. The van der Waals surface area contributed by atoms with Crippen LogP contribution in [0.3, 0.4) is 0 Å². The van der Waals surface area contributed by atoms with Gasteiger partial charge in [0.25, 0.3) is 5.91 Å². The van der Waals surface area contributed by atoms with E-state index >= 15 is 0 Å². The molecule has 0 aliphatic carbocycles. The van der Waals surface area contributed by atoms with Gasteiger partial charge < -0.3 is 25.1 Å². The number of fused-ring (bicyclic) bond motifs is 1. The molecule has 3 rings (SSSR count). The van der Waals surface area contributed by atoms with Gasteiger partial charge in [0, 0.05) is 29.1 Å². The predicted octanol–water partition coefficient (Wildman–Crippen LogP) is 3.76. The van der Waals surface area contributed by atoms with E-state index in [1.54, 1.807) is 38.1 Å². The Labute approximate surface area is 187 Å². The van der Waals surface area contributed by atoms with Crippen LogP contribution in [0.5, 0.6) is 0 Å². The van der Waals surface area contributed by atoms with Crippen LogP contribution in [-0.2, 0) is 31.0 Å². The van der Waals surface area contributed by atoms with E-state index in [2.05, 4.69) is 10.3 Å². The summed E-state index contributed by atoms with van der Waals surface area (Å²) in [6.07, 6.45) is 2.20. The lowest BCUT2D eigenvalue weighted by Crippen LogP contribution is -2.45. The summed E-state index contributed by atoms with van der Waals surface area (Å²) in [4.78, 5) is 27.9. The Morgan fingerprint density at radius 2 is 1.72 bits per heavy atom. The number of hydrogen-bond donors (Lipinski definition) is 3. The van der Waals surface area contributed by atoms with Gasteiger partial charge in [-0.2, -0.15) is 0 Å². The van der Waals surface area contributed by atoms with E-state index in [4.69, 9.17) is 14.8 Å². The number of aromatic amines is 1. The van der Waals surface area contributed by atoms with Gasteiger partial charge in [-0.15, -0.1) is 0 Å². The summed E-state index contributed by atoms with van der Waals surface area (Å²) in [5, 5.41) is 3.69.